The lowest BCUT2D eigenvalue weighted by Crippen LogP contribution is -2.16. The first-order chi connectivity index (χ1) is 7.02. The molecule has 0 aliphatic rings. The van der Waals surface area contributed by atoms with Crippen molar-refractivity contribution in [2.45, 2.75) is 70.9 Å². The van der Waals surface area contributed by atoms with E-state index in [2.05, 4.69) is 16.9 Å². The maximum absolute atomic E-state index is 9.60. The molecule has 4 nitrogen and oxygen atoms in total. The molecule has 0 amide bonds. The summed E-state index contributed by atoms with van der Waals surface area (Å²) in [6.45, 7) is 5.97. The van der Waals surface area contributed by atoms with Crippen LogP contribution in [-0.2, 0) is 0 Å². The normalized spacial score (nSPS) is 13.3. The van der Waals surface area contributed by atoms with Gasteiger partial charge in [0.05, 0.1) is 6.10 Å². The third-order valence-corrected chi connectivity index (χ3v) is 2.53. The van der Waals surface area contributed by atoms with Crippen LogP contribution in [0.2, 0.25) is 0 Å². The molecule has 0 bridgehead atoms. The molecule has 0 aliphatic heterocycles. The van der Waals surface area contributed by atoms with Crippen LogP contribution in [0.4, 0.5) is 0 Å². The van der Waals surface area contributed by atoms with Crippen molar-refractivity contribution in [3.05, 3.63) is 10.4 Å². The van der Waals surface area contributed by atoms with Crippen LogP contribution >= 0.6 is 0 Å². The summed E-state index contributed by atoms with van der Waals surface area (Å²) in [4.78, 5) is 2.82. The fraction of sp³-hybridized carbons (Fsp3) is 1.00. The van der Waals surface area contributed by atoms with Crippen molar-refractivity contribution >= 4 is 0 Å². The topological polar surface area (TPSA) is 69.0 Å². The van der Waals surface area contributed by atoms with Gasteiger partial charge in [0.2, 0.25) is 0 Å². The SMILES string of the molecule is CCCCC(O)CCCC(C)(C)N=[N+]=[N-]. The summed E-state index contributed by atoms with van der Waals surface area (Å²) in [5, 5.41) is 13.3. The first-order valence-electron chi connectivity index (χ1n) is 5.76. The van der Waals surface area contributed by atoms with E-state index in [9.17, 15) is 5.11 Å². The fourth-order valence-electron chi connectivity index (χ4n) is 1.53. The van der Waals surface area contributed by atoms with Crippen LogP contribution in [0, 0.1) is 0 Å². The Morgan fingerprint density at radius 1 is 1.33 bits per heavy atom. The predicted octanol–water partition coefficient (Wildman–Crippen LogP) is 3.80. The van der Waals surface area contributed by atoms with E-state index in [-0.39, 0.29) is 11.6 Å². The van der Waals surface area contributed by atoms with Crippen molar-refractivity contribution in [3.63, 3.8) is 0 Å². The number of nitrogens with zero attached hydrogens (tertiary/aromatic N) is 3. The van der Waals surface area contributed by atoms with Gasteiger partial charge in [-0.1, -0.05) is 45.1 Å². The van der Waals surface area contributed by atoms with Gasteiger partial charge < -0.3 is 5.11 Å². The van der Waals surface area contributed by atoms with Crippen molar-refractivity contribution < 1.29 is 5.11 Å². The average Bonchev–Trinajstić information content (AvgIpc) is 2.14. The Labute approximate surface area is 92.3 Å². The number of azide groups is 1. The molecule has 1 unspecified atom stereocenters. The monoisotopic (exact) mass is 213 g/mol. The smallest absolute Gasteiger partial charge is 0.0540 e. The molecule has 0 aromatic rings. The maximum Gasteiger partial charge on any atom is 0.0540 e. The summed E-state index contributed by atoms with van der Waals surface area (Å²) >= 11 is 0. The van der Waals surface area contributed by atoms with Crippen LogP contribution in [-0.4, -0.2) is 16.7 Å². The van der Waals surface area contributed by atoms with E-state index in [0.717, 1.165) is 38.5 Å². The molecule has 0 heterocycles. The molecule has 0 aliphatic carbocycles. The zero-order valence-corrected chi connectivity index (χ0v) is 10.1. The van der Waals surface area contributed by atoms with E-state index < -0.39 is 0 Å². The second kappa shape index (κ2) is 7.55. The Balaban J connectivity index is 3.64. The standard InChI is InChI=1S/C11H23N3O/c1-4-5-7-10(15)8-6-9-11(2,3)13-14-12/h10,15H,4-9H2,1-3H3. The Morgan fingerprint density at radius 2 is 1.93 bits per heavy atom. The highest BCUT2D eigenvalue weighted by Gasteiger charge is 2.15. The second-order valence-electron chi connectivity index (χ2n) is 4.69. The molecular weight excluding hydrogens is 190 g/mol. The Bertz CT molecular complexity index is 210. The average molecular weight is 213 g/mol. The highest BCUT2D eigenvalue weighted by atomic mass is 16.3. The summed E-state index contributed by atoms with van der Waals surface area (Å²) < 4.78 is 0. The zero-order chi connectivity index (χ0) is 11.7. The third-order valence-electron chi connectivity index (χ3n) is 2.53. The van der Waals surface area contributed by atoms with Crippen LogP contribution < -0.4 is 0 Å². The summed E-state index contributed by atoms with van der Waals surface area (Å²) in [5.74, 6) is 0. The minimum atomic E-state index is -0.320. The number of aliphatic hydroxyl groups excluding tert-OH is 1. The van der Waals surface area contributed by atoms with Gasteiger partial charge >= 0.3 is 0 Å². The molecule has 0 saturated carbocycles. The van der Waals surface area contributed by atoms with Crippen molar-refractivity contribution in [3.8, 4) is 0 Å². The van der Waals surface area contributed by atoms with Crippen LogP contribution in [0.25, 0.3) is 10.4 Å². The van der Waals surface area contributed by atoms with Crippen LogP contribution in [0.3, 0.4) is 0 Å². The first kappa shape index (κ1) is 14.3. The van der Waals surface area contributed by atoms with E-state index in [4.69, 9.17) is 5.53 Å². The highest BCUT2D eigenvalue weighted by molar-refractivity contribution is 4.77. The lowest BCUT2D eigenvalue weighted by molar-refractivity contribution is 0.146. The third kappa shape index (κ3) is 8.28. The van der Waals surface area contributed by atoms with Crippen molar-refractivity contribution in [2.24, 2.45) is 5.11 Å². The fourth-order valence-corrected chi connectivity index (χ4v) is 1.53. The predicted molar refractivity (Wildman–Crippen MR) is 62.6 cm³/mol. The molecule has 4 heteroatoms. The van der Waals surface area contributed by atoms with Gasteiger partial charge in [-0.3, -0.25) is 0 Å². The largest absolute Gasteiger partial charge is 0.393 e. The number of aliphatic hydroxyl groups is 1. The van der Waals surface area contributed by atoms with Crippen LogP contribution in [0.1, 0.15) is 59.3 Å². The summed E-state index contributed by atoms with van der Waals surface area (Å²) in [6.07, 6.45) is 5.47. The van der Waals surface area contributed by atoms with E-state index in [1.54, 1.807) is 0 Å². The van der Waals surface area contributed by atoms with Gasteiger partial charge in [0.15, 0.2) is 0 Å². The van der Waals surface area contributed by atoms with E-state index in [1.165, 1.54) is 0 Å². The summed E-state index contributed by atoms with van der Waals surface area (Å²) in [5.41, 5.74) is 8.02. The molecule has 15 heavy (non-hydrogen) atoms. The van der Waals surface area contributed by atoms with Crippen molar-refractivity contribution in [1.82, 2.24) is 0 Å². The van der Waals surface area contributed by atoms with Gasteiger partial charge in [-0.15, -0.1) is 0 Å². The van der Waals surface area contributed by atoms with E-state index in [0.29, 0.717) is 0 Å². The molecule has 0 aromatic heterocycles. The van der Waals surface area contributed by atoms with Crippen LogP contribution in [0.5, 0.6) is 0 Å². The number of rotatable bonds is 8. The molecule has 1 atom stereocenters. The Kier molecular flexibility index (Phi) is 7.18. The highest BCUT2D eigenvalue weighted by Crippen LogP contribution is 2.19. The number of hydrogen-bond acceptors (Lipinski definition) is 2. The van der Waals surface area contributed by atoms with Gasteiger partial charge in [0, 0.05) is 10.5 Å². The van der Waals surface area contributed by atoms with Gasteiger partial charge in [-0.25, -0.2) is 0 Å². The second-order valence-corrected chi connectivity index (χ2v) is 4.69. The molecular formula is C11H23N3O. The molecule has 1 N–H and O–H groups in total. The number of unbranched alkanes of at least 4 members (excludes halogenated alkanes) is 1. The van der Waals surface area contributed by atoms with Gasteiger partial charge in [-0.2, -0.15) is 0 Å². The molecule has 0 saturated heterocycles. The first-order valence-corrected chi connectivity index (χ1v) is 5.76. The maximum atomic E-state index is 9.60. The Hall–Kier alpha value is -0.730. The Morgan fingerprint density at radius 3 is 2.47 bits per heavy atom. The van der Waals surface area contributed by atoms with Crippen molar-refractivity contribution in [2.75, 3.05) is 0 Å². The van der Waals surface area contributed by atoms with E-state index >= 15 is 0 Å². The van der Waals surface area contributed by atoms with Crippen LogP contribution in [0.15, 0.2) is 5.11 Å². The van der Waals surface area contributed by atoms with E-state index in [1.807, 2.05) is 13.8 Å². The molecule has 0 aromatic carbocycles. The summed E-state index contributed by atoms with van der Waals surface area (Å²) in [6, 6.07) is 0. The quantitative estimate of drug-likeness (QED) is 0.372. The van der Waals surface area contributed by atoms with Gasteiger partial charge in [-0.05, 0) is 24.8 Å². The minimum Gasteiger partial charge on any atom is -0.393 e. The summed E-state index contributed by atoms with van der Waals surface area (Å²) in [7, 11) is 0. The zero-order valence-electron chi connectivity index (χ0n) is 10.1. The van der Waals surface area contributed by atoms with Gasteiger partial charge in [0.25, 0.3) is 0 Å². The molecule has 0 fully saturated rings. The molecule has 0 radical (unpaired) electrons. The minimum absolute atomic E-state index is 0.188. The lowest BCUT2D eigenvalue weighted by Gasteiger charge is -2.18. The molecule has 0 spiro atoms. The number of hydrogen-bond donors (Lipinski definition) is 1. The van der Waals surface area contributed by atoms with Crippen molar-refractivity contribution in [1.29, 1.82) is 0 Å². The molecule has 0 rings (SSSR count). The van der Waals surface area contributed by atoms with Gasteiger partial charge in [0.1, 0.15) is 0 Å². The lowest BCUT2D eigenvalue weighted by atomic mass is 9.96. The molecule has 88 valence electrons.